The van der Waals surface area contributed by atoms with Crippen LogP contribution in [0.3, 0.4) is 0 Å². The summed E-state index contributed by atoms with van der Waals surface area (Å²) in [7, 11) is 1.57. The van der Waals surface area contributed by atoms with E-state index in [1.165, 1.54) is 17.0 Å². The van der Waals surface area contributed by atoms with Gasteiger partial charge in [0.05, 0.1) is 11.6 Å². The molecule has 0 aromatic heterocycles. The molecule has 0 spiro atoms. The van der Waals surface area contributed by atoms with E-state index in [2.05, 4.69) is 5.32 Å². The lowest BCUT2D eigenvalue weighted by Gasteiger charge is -2.42. The van der Waals surface area contributed by atoms with E-state index in [1.54, 1.807) is 7.05 Å². The third-order valence-electron chi connectivity index (χ3n) is 4.71. The van der Waals surface area contributed by atoms with Crippen molar-refractivity contribution >= 4 is 11.8 Å². The zero-order valence-electron chi connectivity index (χ0n) is 14.2. The van der Waals surface area contributed by atoms with Crippen molar-refractivity contribution in [2.45, 2.75) is 38.9 Å². The summed E-state index contributed by atoms with van der Waals surface area (Å²) in [6.07, 6.45) is -3.67. The Labute approximate surface area is 143 Å². The van der Waals surface area contributed by atoms with Crippen LogP contribution in [-0.4, -0.2) is 23.8 Å². The molecule has 4 nitrogen and oxygen atoms in total. The first kappa shape index (κ1) is 17.5. The molecule has 1 atom stereocenters. The number of carbonyl (C=O) groups is 2. The average molecular weight is 352 g/mol. The lowest BCUT2D eigenvalue weighted by molar-refractivity contribution is -0.137. The molecule has 3 rings (SSSR count). The third-order valence-corrected chi connectivity index (χ3v) is 4.71. The van der Waals surface area contributed by atoms with Gasteiger partial charge in [-0.1, -0.05) is 26.0 Å². The summed E-state index contributed by atoms with van der Waals surface area (Å²) >= 11 is 0. The van der Waals surface area contributed by atoms with Crippen LogP contribution in [-0.2, 0) is 11.0 Å². The molecule has 0 bridgehead atoms. The Hall–Kier alpha value is -2.31. The molecule has 2 aliphatic rings. The van der Waals surface area contributed by atoms with Gasteiger partial charge in [-0.2, -0.15) is 13.2 Å². The number of carbonyl (C=O) groups excluding carboxylic acids is 2. The Morgan fingerprint density at radius 2 is 1.88 bits per heavy atom. The molecule has 1 aromatic carbocycles. The second-order valence-electron chi connectivity index (χ2n) is 7.37. The fraction of sp³-hybridized carbons (Fsp3) is 0.444. The van der Waals surface area contributed by atoms with E-state index in [4.69, 9.17) is 0 Å². The van der Waals surface area contributed by atoms with Crippen LogP contribution in [0.4, 0.5) is 18.0 Å². The van der Waals surface area contributed by atoms with E-state index < -0.39 is 23.8 Å². The number of rotatable bonds is 1. The van der Waals surface area contributed by atoms with Gasteiger partial charge in [0.15, 0.2) is 5.78 Å². The lowest BCUT2D eigenvalue weighted by atomic mass is 9.72. The molecule has 2 amide bonds. The van der Waals surface area contributed by atoms with Crippen molar-refractivity contribution in [2.24, 2.45) is 5.41 Å². The van der Waals surface area contributed by atoms with Gasteiger partial charge in [-0.3, -0.25) is 4.79 Å². The van der Waals surface area contributed by atoms with Crippen molar-refractivity contribution in [1.29, 1.82) is 0 Å². The van der Waals surface area contributed by atoms with Crippen LogP contribution >= 0.6 is 0 Å². The first-order valence-electron chi connectivity index (χ1n) is 7.97. The van der Waals surface area contributed by atoms with E-state index in [0.29, 0.717) is 24.1 Å². The number of nitrogens with zero attached hydrogens (tertiary/aromatic N) is 1. The molecule has 1 aliphatic heterocycles. The highest BCUT2D eigenvalue weighted by Gasteiger charge is 2.43. The van der Waals surface area contributed by atoms with Gasteiger partial charge in [-0.05, 0) is 29.5 Å². The van der Waals surface area contributed by atoms with Crippen molar-refractivity contribution in [3.8, 4) is 0 Å². The van der Waals surface area contributed by atoms with Gasteiger partial charge in [-0.25, -0.2) is 4.79 Å². The van der Waals surface area contributed by atoms with Crippen LogP contribution in [0.2, 0.25) is 0 Å². The van der Waals surface area contributed by atoms with E-state index in [0.717, 1.165) is 12.1 Å². The van der Waals surface area contributed by atoms with Gasteiger partial charge in [0.2, 0.25) is 0 Å². The fourth-order valence-electron chi connectivity index (χ4n) is 3.49. The average Bonchev–Trinajstić information content (AvgIpc) is 2.49. The van der Waals surface area contributed by atoms with Gasteiger partial charge in [-0.15, -0.1) is 0 Å². The Morgan fingerprint density at radius 1 is 1.20 bits per heavy atom. The summed E-state index contributed by atoms with van der Waals surface area (Å²) in [6.45, 7) is 3.88. The van der Waals surface area contributed by atoms with Crippen molar-refractivity contribution in [3.05, 3.63) is 46.7 Å². The van der Waals surface area contributed by atoms with Gasteiger partial charge < -0.3 is 10.2 Å². The van der Waals surface area contributed by atoms with Crippen molar-refractivity contribution in [1.82, 2.24) is 10.2 Å². The number of Topliss-reactive ketones (excluding diaryl/α,β-unsaturated/α-hetero) is 1. The molecule has 0 saturated heterocycles. The van der Waals surface area contributed by atoms with Crippen LogP contribution < -0.4 is 5.32 Å². The molecular formula is C18H19F3N2O2. The minimum Gasteiger partial charge on any atom is -0.327 e. The summed E-state index contributed by atoms with van der Waals surface area (Å²) in [6, 6.07) is 3.48. The maximum Gasteiger partial charge on any atom is 0.416 e. The number of nitrogens with one attached hydrogen (secondary N) is 1. The maximum absolute atomic E-state index is 13.0. The van der Waals surface area contributed by atoms with Gasteiger partial charge in [0, 0.05) is 24.7 Å². The zero-order chi connectivity index (χ0) is 18.6. The van der Waals surface area contributed by atoms with Crippen LogP contribution in [0.25, 0.3) is 0 Å². The molecule has 0 radical (unpaired) electrons. The zero-order valence-corrected chi connectivity index (χ0v) is 14.2. The number of benzene rings is 1. The summed E-state index contributed by atoms with van der Waals surface area (Å²) in [5, 5.41) is 2.66. The number of hydrogen-bond acceptors (Lipinski definition) is 2. The van der Waals surface area contributed by atoms with E-state index in [9.17, 15) is 22.8 Å². The van der Waals surface area contributed by atoms with Gasteiger partial charge in [0.25, 0.3) is 0 Å². The predicted molar refractivity (Wildman–Crippen MR) is 85.5 cm³/mol. The van der Waals surface area contributed by atoms with Gasteiger partial charge in [0.1, 0.15) is 0 Å². The van der Waals surface area contributed by atoms with E-state index in [1.807, 2.05) is 13.8 Å². The van der Waals surface area contributed by atoms with E-state index in [-0.39, 0.29) is 16.8 Å². The summed E-state index contributed by atoms with van der Waals surface area (Å²) in [5.74, 6) is -0.138. The van der Waals surface area contributed by atoms with Crippen molar-refractivity contribution in [2.75, 3.05) is 7.05 Å². The number of alkyl halides is 3. The second kappa shape index (κ2) is 5.61. The monoisotopic (exact) mass is 352 g/mol. The standard InChI is InChI=1S/C18H19F3N2O2/c1-17(2)8-12-14(13(24)9-17)15(22-16(25)23(12)3)10-5-4-6-11(7-10)18(19,20)21/h4-7,15H,8-9H2,1-3H3,(H,22,25)/t15-/m1/s1. The molecule has 1 N–H and O–H groups in total. The van der Waals surface area contributed by atoms with Crippen LogP contribution in [0.15, 0.2) is 35.5 Å². The summed E-state index contributed by atoms with van der Waals surface area (Å²) in [5.41, 5.74) is 0.147. The van der Waals surface area contributed by atoms with Crippen molar-refractivity contribution in [3.63, 3.8) is 0 Å². The number of hydrogen-bond donors (Lipinski definition) is 1. The number of halogens is 3. The maximum atomic E-state index is 13.0. The number of urea groups is 1. The highest BCUT2D eigenvalue weighted by Crippen LogP contribution is 2.44. The molecule has 7 heteroatoms. The highest BCUT2D eigenvalue weighted by atomic mass is 19.4. The van der Waals surface area contributed by atoms with Crippen LogP contribution in [0.5, 0.6) is 0 Å². The Balaban J connectivity index is 2.12. The first-order chi connectivity index (χ1) is 11.5. The highest BCUT2D eigenvalue weighted by molar-refractivity contribution is 6.01. The molecular weight excluding hydrogens is 333 g/mol. The molecule has 25 heavy (non-hydrogen) atoms. The molecule has 0 unspecified atom stereocenters. The minimum absolute atomic E-state index is 0.138. The number of allylic oxidation sites excluding steroid dienone is 1. The predicted octanol–water partition coefficient (Wildman–Crippen LogP) is 4.04. The Kier molecular flexibility index (Phi) is 3.93. The number of ketones is 1. The molecule has 134 valence electrons. The van der Waals surface area contributed by atoms with Crippen molar-refractivity contribution < 1.29 is 22.8 Å². The number of amides is 2. The lowest BCUT2D eigenvalue weighted by Crippen LogP contribution is -2.49. The van der Waals surface area contributed by atoms with Crippen LogP contribution in [0.1, 0.15) is 43.9 Å². The van der Waals surface area contributed by atoms with E-state index >= 15 is 0 Å². The molecule has 0 fully saturated rings. The van der Waals surface area contributed by atoms with Crippen LogP contribution in [0, 0.1) is 5.41 Å². The molecule has 1 aromatic rings. The first-order valence-corrected chi connectivity index (χ1v) is 7.97. The molecule has 1 aliphatic carbocycles. The smallest absolute Gasteiger partial charge is 0.327 e. The quantitative estimate of drug-likeness (QED) is 0.829. The third kappa shape index (κ3) is 3.15. The van der Waals surface area contributed by atoms with Gasteiger partial charge >= 0.3 is 12.2 Å². The normalized spacial score (nSPS) is 23.4. The Morgan fingerprint density at radius 3 is 2.52 bits per heavy atom. The largest absolute Gasteiger partial charge is 0.416 e. The molecule has 1 heterocycles. The topological polar surface area (TPSA) is 49.4 Å². The fourth-order valence-corrected chi connectivity index (χ4v) is 3.49. The SMILES string of the molecule is CN1C(=O)N[C@H](c2cccc(C(F)(F)F)c2)C2=C1CC(C)(C)CC2=O. The summed E-state index contributed by atoms with van der Waals surface area (Å²) < 4.78 is 39.0. The second-order valence-corrected chi connectivity index (χ2v) is 7.37. The Bertz CT molecular complexity index is 781. The minimum atomic E-state index is -4.48. The summed E-state index contributed by atoms with van der Waals surface area (Å²) in [4.78, 5) is 26.4. The molecule has 0 saturated carbocycles.